The molecule has 25 heavy (non-hydrogen) atoms. The number of fused-ring (bicyclic) bond motifs is 1. The van der Waals surface area contributed by atoms with Crippen LogP contribution in [-0.4, -0.2) is 30.8 Å². The van der Waals surface area contributed by atoms with Crippen molar-refractivity contribution < 1.29 is 4.79 Å². The smallest absolute Gasteiger partial charge is 0.192 e. The number of carbonyl (C=O) groups is 1. The quantitative estimate of drug-likeness (QED) is 0.757. The number of rotatable bonds is 4. The molecule has 2 fully saturated rings. The maximum atomic E-state index is 12.2. The van der Waals surface area contributed by atoms with Gasteiger partial charge in [0.05, 0.1) is 5.25 Å². The van der Waals surface area contributed by atoms with Gasteiger partial charge < -0.3 is 4.98 Å². The number of hydrogen-bond donors (Lipinski definition) is 1. The highest BCUT2D eigenvalue weighted by molar-refractivity contribution is 8.00. The van der Waals surface area contributed by atoms with Crippen LogP contribution in [0.1, 0.15) is 44.6 Å². The largest absolute Gasteiger partial charge is 0.360 e. The Bertz CT molecular complexity index is 940. The van der Waals surface area contributed by atoms with Gasteiger partial charge in [0.15, 0.2) is 11.0 Å². The van der Waals surface area contributed by atoms with Gasteiger partial charge in [-0.05, 0) is 31.7 Å². The van der Waals surface area contributed by atoms with E-state index >= 15 is 0 Å². The van der Waals surface area contributed by atoms with Crippen molar-refractivity contribution in [2.45, 2.75) is 55.0 Å². The fourth-order valence-electron chi connectivity index (χ4n) is 3.66. The van der Waals surface area contributed by atoms with Crippen LogP contribution in [0.2, 0.25) is 0 Å². The second-order valence-electron chi connectivity index (χ2n) is 6.97. The number of Topliss-reactive ketones (excluding diaryl/α,β-unsaturated/α-hetero) is 1. The lowest BCUT2D eigenvalue weighted by Crippen LogP contribution is -2.21. The highest BCUT2D eigenvalue weighted by Crippen LogP contribution is 2.43. The molecule has 1 N–H and O–H groups in total. The summed E-state index contributed by atoms with van der Waals surface area (Å²) in [5.41, 5.74) is 2.20. The van der Waals surface area contributed by atoms with Gasteiger partial charge in [0.1, 0.15) is 5.78 Å². The number of carbonyl (C=O) groups excluding carboxylic acids is 1. The van der Waals surface area contributed by atoms with E-state index < -0.39 is 0 Å². The molecule has 2 aromatic heterocycles. The van der Waals surface area contributed by atoms with Crippen LogP contribution in [0.5, 0.6) is 0 Å². The van der Waals surface area contributed by atoms with Crippen molar-refractivity contribution in [3.8, 4) is 11.4 Å². The van der Waals surface area contributed by atoms with Gasteiger partial charge in [-0.25, -0.2) is 0 Å². The predicted molar refractivity (Wildman–Crippen MR) is 98.7 cm³/mol. The molecular weight excluding hydrogens is 332 g/mol. The summed E-state index contributed by atoms with van der Waals surface area (Å²) in [6, 6.07) is 8.75. The Morgan fingerprint density at radius 2 is 2.00 bits per heavy atom. The number of benzene rings is 1. The molecule has 0 spiro atoms. The Morgan fingerprint density at radius 3 is 2.84 bits per heavy atom. The van der Waals surface area contributed by atoms with Crippen LogP contribution >= 0.6 is 11.8 Å². The summed E-state index contributed by atoms with van der Waals surface area (Å²) >= 11 is 1.62. The minimum Gasteiger partial charge on any atom is -0.360 e. The first-order valence-corrected chi connectivity index (χ1v) is 9.90. The zero-order valence-electron chi connectivity index (χ0n) is 13.9. The van der Waals surface area contributed by atoms with Gasteiger partial charge in [0.25, 0.3) is 0 Å². The normalized spacial score (nSPS) is 21.1. The van der Waals surface area contributed by atoms with Crippen LogP contribution in [0.4, 0.5) is 0 Å². The molecule has 0 aliphatic heterocycles. The van der Waals surface area contributed by atoms with Crippen LogP contribution in [-0.2, 0) is 4.79 Å². The van der Waals surface area contributed by atoms with Gasteiger partial charge in [-0.1, -0.05) is 36.4 Å². The summed E-state index contributed by atoms with van der Waals surface area (Å²) in [5, 5.41) is 11.1. The van der Waals surface area contributed by atoms with Crippen LogP contribution in [0, 0.1) is 0 Å². The lowest BCUT2D eigenvalue weighted by molar-refractivity contribution is -0.119. The first-order chi connectivity index (χ1) is 12.3. The molecule has 0 amide bonds. The number of nitrogens with zero attached hydrogens (tertiary/aromatic N) is 3. The average Bonchev–Trinajstić information content (AvgIpc) is 3.25. The maximum absolute atomic E-state index is 12.2. The lowest BCUT2D eigenvalue weighted by atomic mass is 9.99. The van der Waals surface area contributed by atoms with E-state index in [0.717, 1.165) is 41.3 Å². The lowest BCUT2D eigenvalue weighted by Gasteiger charge is -2.19. The summed E-state index contributed by atoms with van der Waals surface area (Å²) in [4.78, 5) is 15.6. The number of thioether (sulfide) groups is 1. The van der Waals surface area contributed by atoms with E-state index in [4.69, 9.17) is 0 Å². The van der Waals surface area contributed by atoms with Crippen LogP contribution < -0.4 is 0 Å². The second kappa shape index (κ2) is 6.02. The molecule has 5 rings (SSSR count). The molecule has 1 aromatic carbocycles. The highest BCUT2D eigenvalue weighted by atomic mass is 32.2. The molecular formula is C19H20N4OS. The molecule has 0 saturated heterocycles. The Hall–Kier alpha value is -2.08. The molecule has 5 nitrogen and oxygen atoms in total. The van der Waals surface area contributed by atoms with Gasteiger partial charge >= 0.3 is 0 Å². The van der Waals surface area contributed by atoms with E-state index in [2.05, 4.69) is 31.9 Å². The van der Waals surface area contributed by atoms with E-state index in [9.17, 15) is 4.79 Å². The number of aromatic nitrogens is 4. The number of ketones is 1. The van der Waals surface area contributed by atoms with Crippen molar-refractivity contribution in [3.05, 3.63) is 30.5 Å². The van der Waals surface area contributed by atoms with E-state index in [0.29, 0.717) is 18.2 Å². The molecule has 0 radical (unpaired) electrons. The summed E-state index contributed by atoms with van der Waals surface area (Å²) < 4.78 is 2.27. The molecule has 0 bridgehead atoms. The third kappa shape index (κ3) is 2.68. The van der Waals surface area contributed by atoms with Crippen molar-refractivity contribution >= 4 is 28.4 Å². The zero-order valence-corrected chi connectivity index (χ0v) is 14.8. The Balaban J connectivity index is 1.55. The molecule has 3 aromatic rings. The summed E-state index contributed by atoms with van der Waals surface area (Å²) in [7, 11) is 0. The molecule has 2 aliphatic rings. The van der Waals surface area contributed by atoms with Crippen LogP contribution in [0.3, 0.4) is 0 Å². The van der Waals surface area contributed by atoms with E-state index in [-0.39, 0.29) is 5.25 Å². The molecule has 1 atom stereocenters. The molecule has 2 aliphatic carbocycles. The second-order valence-corrected chi connectivity index (χ2v) is 8.14. The van der Waals surface area contributed by atoms with Crippen LogP contribution in [0.25, 0.3) is 22.3 Å². The molecule has 2 heterocycles. The van der Waals surface area contributed by atoms with Crippen LogP contribution in [0.15, 0.2) is 35.6 Å². The SMILES string of the molecule is O=C1CCCC[C@H]1Sc1nnc(-c2c[nH]c3ccccc23)n1C1CC1. The van der Waals surface area contributed by atoms with E-state index in [1.54, 1.807) is 11.8 Å². The maximum Gasteiger partial charge on any atom is 0.192 e. The standard InChI is InChI=1S/C19H20N4OS/c24-16-7-3-4-8-17(16)25-19-22-21-18(23(19)12-9-10-12)14-11-20-15-6-2-1-5-13(14)15/h1-2,5-6,11-12,17,20H,3-4,7-10H2/t17-/m1/s1. The fraction of sp³-hybridized carbons (Fsp3) is 0.421. The average molecular weight is 352 g/mol. The number of H-pyrrole nitrogens is 1. The highest BCUT2D eigenvalue weighted by Gasteiger charge is 2.33. The summed E-state index contributed by atoms with van der Waals surface area (Å²) in [6.07, 6.45) is 8.20. The fourth-order valence-corrected chi connectivity index (χ4v) is 4.89. The first kappa shape index (κ1) is 15.2. The minimum atomic E-state index is 0.0475. The third-order valence-corrected chi connectivity index (χ3v) is 6.43. The van der Waals surface area contributed by atoms with Gasteiger partial charge in [-0.15, -0.1) is 10.2 Å². The van der Waals surface area contributed by atoms with Crippen molar-refractivity contribution in [3.63, 3.8) is 0 Å². The predicted octanol–water partition coefficient (Wildman–Crippen LogP) is 4.37. The Labute approximate surface area is 150 Å². The molecule has 128 valence electrons. The molecule has 0 unspecified atom stereocenters. The topological polar surface area (TPSA) is 63.6 Å². The van der Waals surface area contributed by atoms with E-state index in [1.165, 1.54) is 18.2 Å². The first-order valence-electron chi connectivity index (χ1n) is 9.02. The van der Waals surface area contributed by atoms with Gasteiger partial charge in [0, 0.05) is 35.1 Å². The van der Waals surface area contributed by atoms with E-state index in [1.807, 2.05) is 18.3 Å². The minimum absolute atomic E-state index is 0.0475. The third-order valence-electron chi connectivity index (χ3n) is 5.15. The van der Waals surface area contributed by atoms with Gasteiger partial charge in [-0.3, -0.25) is 9.36 Å². The molecule has 6 heteroatoms. The monoisotopic (exact) mass is 352 g/mol. The zero-order chi connectivity index (χ0) is 16.8. The van der Waals surface area contributed by atoms with Crippen molar-refractivity contribution in [2.75, 3.05) is 0 Å². The molecule has 2 saturated carbocycles. The van der Waals surface area contributed by atoms with Crippen molar-refractivity contribution in [2.24, 2.45) is 0 Å². The number of para-hydroxylation sites is 1. The Morgan fingerprint density at radius 1 is 1.12 bits per heavy atom. The summed E-state index contributed by atoms with van der Waals surface area (Å²) in [6.45, 7) is 0. The number of nitrogens with one attached hydrogen (secondary N) is 1. The Kier molecular flexibility index (Phi) is 3.66. The number of aromatic amines is 1. The summed E-state index contributed by atoms with van der Waals surface area (Å²) in [5.74, 6) is 1.29. The van der Waals surface area contributed by atoms with Gasteiger partial charge in [-0.2, -0.15) is 0 Å². The number of hydrogen-bond acceptors (Lipinski definition) is 4. The van der Waals surface area contributed by atoms with Crippen molar-refractivity contribution in [1.29, 1.82) is 0 Å². The van der Waals surface area contributed by atoms with Gasteiger partial charge in [0.2, 0.25) is 0 Å². The van der Waals surface area contributed by atoms with Crippen molar-refractivity contribution in [1.82, 2.24) is 19.7 Å².